The molecule has 2 rings (SSSR count). The number of hydrogen-bond donors (Lipinski definition) is 2. The van der Waals surface area contributed by atoms with Crippen LogP contribution in [0.4, 0.5) is 11.4 Å². The third-order valence-electron chi connectivity index (χ3n) is 3.64. The number of hydrogen-bond acceptors (Lipinski definition) is 5. The number of amides is 1. The summed E-state index contributed by atoms with van der Waals surface area (Å²) in [4.78, 5) is 12.6. The predicted octanol–water partition coefficient (Wildman–Crippen LogP) is 2.49. The van der Waals surface area contributed by atoms with Gasteiger partial charge in [0.25, 0.3) is 5.91 Å². The molecule has 2 N–H and O–H groups in total. The number of carbonyl (C=O) groups is 1. The van der Waals surface area contributed by atoms with E-state index in [-0.39, 0.29) is 4.90 Å². The maximum Gasteiger partial charge on any atom is 0.255 e. The van der Waals surface area contributed by atoms with Crippen LogP contribution in [0.1, 0.15) is 22.8 Å². The van der Waals surface area contributed by atoms with E-state index in [1.54, 1.807) is 24.3 Å². The van der Waals surface area contributed by atoms with Crippen LogP contribution in [-0.4, -0.2) is 39.3 Å². The summed E-state index contributed by atoms with van der Waals surface area (Å²) in [6.45, 7) is 2.50. The van der Waals surface area contributed by atoms with Crippen molar-refractivity contribution in [3.8, 4) is 6.07 Å². The van der Waals surface area contributed by atoms with Crippen LogP contribution in [0, 0.1) is 11.3 Å². The van der Waals surface area contributed by atoms with Gasteiger partial charge in [-0.1, -0.05) is 6.07 Å². The highest BCUT2D eigenvalue weighted by Crippen LogP contribution is 2.27. The fourth-order valence-corrected chi connectivity index (χ4v) is 3.20. The first kappa shape index (κ1) is 19.4. The zero-order valence-corrected chi connectivity index (χ0v) is 15.6. The molecular formula is C18H20N4O3S. The number of rotatable bonds is 6. The summed E-state index contributed by atoms with van der Waals surface area (Å²) in [6.07, 6.45) is 0. The standard InChI is InChI=1S/C18H20N4O3S/c1-4-20-16-9-8-15(26(24,25)22(2)3)11-17(16)21-18(23)14-7-5-6-13(10-14)12-19/h5-11,20H,4H2,1-3H3,(H,21,23). The van der Waals surface area contributed by atoms with Gasteiger partial charge in [0.2, 0.25) is 10.0 Å². The SMILES string of the molecule is CCNc1ccc(S(=O)(=O)N(C)C)cc1NC(=O)c1cccc(C#N)c1. The lowest BCUT2D eigenvalue weighted by Gasteiger charge is -2.16. The Balaban J connectivity index is 2.42. The molecule has 0 bridgehead atoms. The van der Waals surface area contributed by atoms with Crippen molar-refractivity contribution in [2.24, 2.45) is 0 Å². The molecule has 0 saturated heterocycles. The molecule has 2 aromatic rings. The second kappa shape index (κ2) is 7.99. The predicted molar refractivity (Wildman–Crippen MR) is 101 cm³/mol. The Bertz CT molecular complexity index is 963. The first-order chi connectivity index (χ1) is 12.3. The van der Waals surface area contributed by atoms with Crippen LogP contribution < -0.4 is 10.6 Å². The Kier molecular flexibility index (Phi) is 5.97. The number of nitrogens with one attached hydrogen (secondary N) is 2. The van der Waals surface area contributed by atoms with Crippen molar-refractivity contribution in [1.29, 1.82) is 5.26 Å². The minimum Gasteiger partial charge on any atom is -0.384 e. The lowest BCUT2D eigenvalue weighted by molar-refractivity contribution is 0.102. The van der Waals surface area contributed by atoms with Gasteiger partial charge in [-0.3, -0.25) is 4.79 Å². The number of nitriles is 1. The Morgan fingerprint density at radius 3 is 2.50 bits per heavy atom. The van der Waals surface area contributed by atoms with E-state index in [0.717, 1.165) is 4.31 Å². The summed E-state index contributed by atoms with van der Waals surface area (Å²) in [5, 5.41) is 14.8. The van der Waals surface area contributed by atoms with Gasteiger partial charge in [-0.05, 0) is 43.3 Å². The zero-order chi connectivity index (χ0) is 19.3. The fourth-order valence-electron chi connectivity index (χ4n) is 2.27. The molecule has 8 heteroatoms. The highest BCUT2D eigenvalue weighted by Gasteiger charge is 2.19. The van der Waals surface area contributed by atoms with E-state index in [2.05, 4.69) is 10.6 Å². The summed E-state index contributed by atoms with van der Waals surface area (Å²) in [5.74, 6) is -0.430. The fraction of sp³-hybridized carbons (Fsp3) is 0.222. The molecule has 0 radical (unpaired) electrons. The lowest BCUT2D eigenvalue weighted by atomic mass is 10.1. The van der Waals surface area contributed by atoms with Crippen molar-refractivity contribution < 1.29 is 13.2 Å². The summed E-state index contributed by atoms with van der Waals surface area (Å²) in [7, 11) is -0.744. The van der Waals surface area contributed by atoms with E-state index in [0.29, 0.717) is 29.0 Å². The molecule has 26 heavy (non-hydrogen) atoms. The quantitative estimate of drug-likeness (QED) is 0.811. The van der Waals surface area contributed by atoms with Crippen LogP contribution in [-0.2, 0) is 10.0 Å². The van der Waals surface area contributed by atoms with Gasteiger partial charge in [0.05, 0.1) is 27.9 Å². The molecule has 0 atom stereocenters. The summed E-state index contributed by atoms with van der Waals surface area (Å²) < 4.78 is 25.8. The molecular weight excluding hydrogens is 352 g/mol. The van der Waals surface area contributed by atoms with Gasteiger partial charge in [-0.2, -0.15) is 5.26 Å². The van der Waals surface area contributed by atoms with Gasteiger partial charge in [0.15, 0.2) is 0 Å². The minimum absolute atomic E-state index is 0.0743. The molecule has 7 nitrogen and oxygen atoms in total. The van der Waals surface area contributed by atoms with Crippen LogP contribution >= 0.6 is 0 Å². The van der Waals surface area contributed by atoms with Crippen LogP contribution in [0.25, 0.3) is 0 Å². The molecule has 136 valence electrons. The molecule has 1 amide bonds. The molecule has 0 unspecified atom stereocenters. The Morgan fingerprint density at radius 2 is 1.88 bits per heavy atom. The van der Waals surface area contributed by atoms with E-state index in [1.807, 2.05) is 13.0 Å². The average molecular weight is 372 g/mol. The van der Waals surface area contributed by atoms with Crippen molar-refractivity contribution in [2.45, 2.75) is 11.8 Å². The monoisotopic (exact) mass is 372 g/mol. The first-order valence-corrected chi connectivity index (χ1v) is 9.35. The highest BCUT2D eigenvalue weighted by atomic mass is 32.2. The second-order valence-corrected chi connectivity index (χ2v) is 7.82. The van der Waals surface area contributed by atoms with E-state index >= 15 is 0 Å². The van der Waals surface area contributed by atoms with Gasteiger partial charge in [0, 0.05) is 26.2 Å². The van der Waals surface area contributed by atoms with Gasteiger partial charge < -0.3 is 10.6 Å². The Morgan fingerprint density at radius 1 is 1.15 bits per heavy atom. The van der Waals surface area contributed by atoms with Gasteiger partial charge >= 0.3 is 0 Å². The first-order valence-electron chi connectivity index (χ1n) is 7.91. The molecule has 0 aromatic heterocycles. The average Bonchev–Trinajstić information content (AvgIpc) is 2.63. The molecule has 0 saturated carbocycles. The Hall–Kier alpha value is -2.89. The number of anilines is 2. The normalized spacial score (nSPS) is 11.0. The topological polar surface area (TPSA) is 102 Å². The second-order valence-electron chi connectivity index (χ2n) is 5.67. The third-order valence-corrected chi connectivity index (χ3v) is 5.45. The van der Waals surface area contributed by atoms with Crippen molar-refractivity contribution in [3.05, 3.63) is 53.6 Å². The van der Waals surface area contributed by atoms with Gasteiger partial charge in [-0.15, -0.1) is 0 Å². The highest BCUT2D eigenvalue weighted by molar-refractivity contribution is 7.89. The Labute approximate surface area is 153 Å². The molecule has 0 aliphatic heterocycles. The van der Waals surface area contributed by atoms with Crippen LogP contribution in [0.2, 0.25) is 0 Å². The molecule has 0 heterocycles. The molecule has 0 aliphatic carbocycles. The summed E-state index contributed by atoms with van der Waals surface area (Å²) in [6, 6.07) is 12.8. The molecule has 0 aliphatic rings. The van der Waals surface area contributed by atoms with Crippen LogP contribution in [0.3, 0.4) is 0 Å². The van der Waals surface area contributed by atoms with E-state index in [1.165, 1.54) is 32.3 Å². The molecule has 0 spiro atoms. The number of carbonyl (C=O) groups excluding carboxylic acids is 1. The summed E-state index contributed by atoms with van der Waals surface area (Å²) >= 11 is 0. The maximum absolute atomic E-state index is 12.5. The van der Waals surface area contributed by atoms with Gasteiger partial charge in [-0.25, -0.2) is 12.7 Å². The van der Waals surface area contributed by atoms with E-state index in [9.17, 15) is 13.2 Å². The van der Waals surface area contributed by atoms with E-state index < -0.39 is 15.9 Å². The summed E-state index contributed by atoms with van der Waals surface area (Å²) in [5.41, 5.74) is 1.64. The van der Waals surface area contributed by atoms with Crippen molar-refractivity contribution in [1.82, 2.24) is 4.31 Å². The zero-order valence-electron chi connectivity index (χ0n) is 14.8. The minimum atomic E-state index is -3.63. The van der Waals surface area contributed by atoms with E-state index in [4.69, 9.17) is 5.26 Å². The maximum atomic E-state index is 12.5. The number of nitrogens with zero attached hydrogens (tertiary/aromatic N) is 2. The van der Waals surface area contributed by atoms with Crippen molar-refractivity contribution >= 4 is 27.3 Å². The van der Waals surface area contributed by atoms with Crippen molar-refractivity contribution in [3.63, 3.8) is 0 Å². The number of sulfonamides is 1. The smallest absolute Gasteiger partial charge is 0.255 e. The van der Waals surface area contributed by atoms with Crippen LogP contribution in [0.5, 0.6) is 0 Å². The van der Waals surface area contributed by atoms with Crippen molar-refractivity contribution in [2.75, 3.05) is 31.3 Å². The molecule has 0 fully saturated rings. The third kappa shape index (κ3) is 4.20. The lowest BCUT2D eigenvalue weighted by Crippen LogP contribution is -2.22. The largest absolute Gasteiger partial charge is 0.384 e. The van der Waals surface area contributed by atoms with Gasteiger partial charge in [0.1, 0.15) is 0 Å². The van der Waals surface area contributed by atoms with Crippen LogP contribution in [0.15, 0.2) is 47.4 Å². The number of benzene rings is 2. The molecule has 2 aromatic carbocycles.